The van der Waals surface area contributed by atoms with Crippen LogP contribution in [-0.2, 0) is 9.47 Å². The largest absolute Gasteiger partial charge is 0.394 e. The normalized spacial score (nSPS) is 54.9. The van der Waals surface area contributed by atoms with Crippen LogP contribution in [0.15, 0.2) is 0 Å². The van der Waals surface area contributed by atoms with Gasteiger partial charge >= 0.3 is 0 Å². The first-order chi connectivity index (χ1) is 10.7. The summed E-state index contributed by atoms with van der Waals surface area (Å²) in [5.41, 5.74) is 0. The standard InChI is InChI=1S/C12H22O11/c13-1-3-5(15)7(17)9(19)11(22-3)12(21)10(20)8(18)6(16)4(2-14)23-12/h3-11,13-21H,1-2H2/t3-,4-,5-,6-,7+,8+,9-,10-,11-,12-/m1/s1. The minimum atomic E-state index is -2.82. The molecule has 0 amide bonds. The zero-order valence-electron chi connectivity index (χ0n) is 12.0. The van der Waals surface area contributed by atoms with Crippen molar-refractivity contribution in [3.8, 4) is 0 Å². The molecule has 0 saturated carbocycles. The summed E-state index contributed by atoms with van der Waals surface area (Å²) in [7, 11) is 0. The fourth-order valence-corrected chi connectivity index (χ4v) is 2.86. The number of aliphatic hydroxyl groups is 9. The molecule has 2 fully saturated rings. The number of aliphatic hydroxyl groups excluding tert-OH is 8. The second kappa shape index (κ2) is 6.82. The second-order valence-electron chi connectivity index (χ2n) is 5.77. The maximum absolute atomic E-state index is 10.5. The Morgan fingerprint density at radius 1 is 0.696 bits per heavy atom. The lowest BCUT2D eigenvalue weighted by molar-refractivity contribution is -0.406. The van der Waals surface area contributed by atoms with Gasteiger partial charge in [0.1, 0.15) is 54.9 Å². The summed E-state index contributed by atoms with van der Waals surface area (Å²) in [5, 5.41) is 87.7. The Labute approximate surface area is 130 Å². The van der Waals surface area contributed by atoms with Crippen LogP contribution < -0.4 is 0 Å². The van der Waals surface area contributed by atoms with E-state index < -0.39 is 73.9 Å². The maximum Gasteiger partial charge on any atom is 0.225 e. The van der Waals surface area contributed by atoms with Crippen molar-refractivity contribution >= 4 is 0 Å². The molecule has 11 heteroatoms. The molecule has 0 bridgehead atoms. The molecule has 2 saturated heterocycles. The molecule has 0 aromatic carbocycles. The van der Waals surface area contributed by atoms with E-state index in [1.807, 2.05) is 0 Å². The van der Waals surface area contributed by atoms with Crippen molar-refractivity contribution < 1.29 is 55.4 Å². The summed E-state index contributed by atoms with van der Waals surface area (Å²) in [6, 6.07) is 0. The molecule has 2 aliphatic heterocycles. The van der Waals surface area contributed by atoms with Crippen LogP contribution in [0.3, 0.4) is 0 Å². The SMILES string of the molecule is OC[C@H]1O[C@@H]([C@]2(O)O[C@H](CO)[C@@H](O)[C@H](O)[C@H]2O)[C@H](O)[C@@H](O)[C@@H]1O. The number of hydrogen-bond acceptors (Lipinski definition) is 11. The Morgan fingerprint density at radius 2 is 1.22 bits per heavy atom. The van der Waals surface area contributed by atoms with Crippen LogP contribution in [0.5, 0.6) is 0 Å². The van der Waals surface area contributed by atoms with Crippen molar-refractivity contribution in [2.75, 3.05) is 13.2 Å². The summed E-state index contributed by atoms with van der Waals surface area (Å²) in [4.78, 5) is 0. The van der Waals surface area contributed by atoms with Gasteiger partial charge in [0.05, 0.1) is 13.2 Å². The van der Waals surface area contributed by atoms with Gasteiger partial charge in [-0.1, -0.05) is 0 Å². The molecule has 0 spiro atoms. The summed E-state index contributed by atoms with van der Waals surface area (Å²) >= 11 is 0. The fourth-order valence-electron chi connectivity index (χ4n) is 2.86. The van der Waals surface area contributed by atoms with Gasteiger partial charge in [0.15, 0.2) is 0 Å². The monoisotopic (exact) mass is 342 g/mol. The van der Waals surface area contributed by atoms with Crippen molar-refractivity contribution in [2.45, 2.75) is 60.7 Å². The van der Waals surface area contributed by atoms with Crippen molar-refractivity contribution in [2.24, 2.45) is 0 Å². The third-order valence-corrected chi connectivity index (χ3v) is 4.30. The topological polar surface area (TPSA) is 201 Å². The van der Waals surface area contributed by atoms with Gasteiger partial charge < -0.3 is 55.4 Å². The minimum absolute atomic E-state index is 0.776. The summed E-state index contributed by atoms with van der Waals surface area (Å²) in [5.74, 6) is -2.82. The fraction of sp³-hybridized carbons (Fsp3) is 1.00. The van der Waals surface area contributed by atoms with Crippen LogP contribution in [0.25, 0.3) is 0 Å². The Morgan fingerprint density at radius 3 is 1.74 bits per heavy atom. The Balaban J connectivity index is 2.33. The molecule has 2 aliphatic rings. The Hall–Kier alpha value is -0.440. The van der Waals surface area contributed by atoms with Gasteiger partial charge in [-0.2, -0.15) is 0 Å². The highest BCUT2D eigenvalue weighted by molar-refractivity contribution is 5.05. The molecule has 9 N–H and O–H groups in total. The van der Waals surface area contributed by atoms with Gasteiger partial charge in [-0.05, 0) is 0 Å². The lowest BCUT2D eigenvalue weighted by atomic mass is 9.83. The minimum Gasteiger partial charge on any atom is -0.394 e. The summed E-state index contributed by atoms with van der Waals surface area (Å²) in [6.45, 7) is -1.60. The quantitative estimate of drug-likeness (QED) is 0.236. The number of rotatable bonds is 3. The molecule has 23 heavy (non-hydrogen) atoms. The molecule has 2 rings (SSSR count). The van der Waals surface area contributed by atoms with Gasteiger partial charge in [0.2, 0.25) is 5.79 Å². The molecule has 0 aromatic rings. The van der Waals surface area contributed by atoms with Crippen LogP contribution in [0, 0.1) is 0 Å². The van der Waals surface area contributed by atoms with Crippen LogP contribution in [0.4, 0.5) is 0 Å². The maximum atomic E-state index is 10.5. The second-order valence-corrected chi connectivity index (χ2v) is 5.77. The first-order valence-corrected chi connectivity index (χ1v) is 7.04. The lowest BCUT2D eigenvalue weighted by Crippen LogP contribution is -2.75. The van der Waals surface area contributed by atoms with Crippen molar-refractivity contribution in [3.63, 3.8) is 0 Å². The van der Waals surface area contributed by atoms with Crippen molar-refractivity contribution in [3.05, 3.63) is 0 Å². The van der Waals surface area contributed by atoms with Gasteiger partial charge in [0.25, 0.3) is 0 Å². The average molecular weight is 342 g/mol. The summed E-state index contributed by atoms with van der Waals surface area (Å²) < 4.78 is 10.1. The van der Waals surface area contributed by atoms with Crippen LogP contribution in [-0.4, -0.2) is 120 Å². The van der Waals surface area contributed by atoms with E-state index in [4.69, 9.17) is 19.7 Å². The molecule has 11 nitrogen and oxygen atoms in total. The molecule has 136 valence electrons. The van der Waals surface area contributed by atoms with Gasteiger partial charge in [-0.3, -0.25) is 0 Å². The first kappa shape index (κ1) is 18.9. The third kappa shape index (κ3) is 2.99. The average Bonchev–Trinajstić information content (AvgIpc) is 2.54. The molecular weight excluding hydrogens is 320 g/mol. The molecule has 0 unspecified atom stereocenters. The zero-order valence-corrected chi connectivity index (χ0v) is 12.0. The van der Waals surface area contributed by atoms with Crippen LogP contribution in [0.1, 0.15) is 0 Å². The molecule has 0 aliphatic carbocycles. The van der Waals surface area contributed by atoms with Gasteiger partial charge in [-0.15, -0.1) is 0 Å². The Bertz CT molecular complexity index is 404. The molecule has 0 radical (unpaired) electrons. The third-order valence-electron chi connectivity index (χ3n) is 4.30. The van der Waals surface area contributed by atoms with Crippen LogP contribution in [0.2, 0.25) is 0 Å². The van der Waals surface area contributed by atoms with Gasteiger partial charge in [-0.25, -0.2) is 0 Å². The van der Waals surface area contributed by atoms with Crippen molar-refractivity contribution in [1.29, 1.82) is 0 Å². The van der Waals surface area contributed by atoms with E-state index in [9.17, 15) is 35.7 Å². The highest BCUT2D eigenvalue weighted by atomic mass is 16.7. The smallest absolute Gasteiger partial charge is 0.225 e. The number of hydrogen-bond donors (Lipinski definition) is 9. The predicted molar refractivity (Wildman–Crippen MR) is 68.7 cm³/mol. The number of ether oxygens (including phenoxy) is 2. The van der Waals surface area contributed by atoms with E-state index in [1.54, 1.807) is 0 Å². The van der Waals surface area contributed by atoms with E-state index >= 15 is 0 Å². The van der Waals surface area contributed by atoms with E-state index in [0.29, 0.717) is 0 Å². The van der Waals surface area contributed by atoms with E-state index in [0.717, 1.165) is 0 Å². The van der Waals surface area contributed by atoms with Crippen molar-refractivity contribution in [1.82, 2.24) is 0 Å². The van der Waals surface area contributed by atoms with Crippen LogP contribution >= 0.6 is 0 Å². The van der Waals surface area contributed by atoms with E-state index in [1.165, 1.54) is 0 Å². The molecule has 2 heterocycles. The highest BCUT2D eigenvalue weighted by Gasteiger charge is 2.62. The first-order valence-electron chi connectivity index (χ1n) is 7.04. The van der Waals surface area contributed by atoms with Gasteiger partial charge in [0, 0.05) is 0 Å². The van der Waals surface area contributed by atoms with E-state index in [2.05, 4.69) is 0 Å². The molecule has 10 atom stereocenters. The molecule has 0 aromatic heterocycles. The summed E-state index contributed by atoms with van der Waals surface area (Å²) in [6.07, 6.45) is -16.1. The lowest BCUT2D eigenvalue weighted by Gasteiger charge is -2.52. The highest BCUT2D eigenvalue weighted by Crippen LogP contribution is 2.37. The predicted octanol–water partition coefficient (Wildman–Crippen LogP) is -6.01. The molecular formula is C12H22O11. The Kier molecular flexibility index (Phi) is 5.60. The zero-order chi connectivity index (χ0) is 17.5. The van der Waals surface area contributed by atoms with E-state index in [-0.39, 0.29) is 0 Å².